The molecule has 1 N–H and O–H groups in total. The van der Waals surface area contributed by atoms with E-state index in [9.17, 15) is 5.26 Å². The van der Waals surface area contributed by atoms with Crippen LogP contribution >= 0.6 is 0 Å². The number of ether oxygens (including phenoxy) is 1. The van der Waals surface area contributed by atoms with Crippen LogP contribution in [0.3, 0.4) is 0 Å². The maximum Gasteiger partial charge on any atom is 0.149 e. The van der Waals surface area contributed by atoms with E-state index in [2.05, 4.69) is 16.0 Å². The van der Waals surface area contributed by atoms with E-state index in [-0.39, 0.29) is 0 Å². The van der Waals surface area contributed by atoms with E-state index in [1.807, 2.05) is 18.2 Å². The molecule has 0 fully saturated rings. The maximum atomic E-state index is 9.26. The van der Waals surface area contributed by atoms with Gasteiger partial charge in [0, 0.05) is 12.1 Å². The molecule has 0 saturated heterocycles. The van der Waals surface area contributed by atoms with E-state index >= 15 is 0 Å². The SMILES string of the molecule is COc1ccc2nc(C(C#N)=Cc3ccco3)[nH]c2c1. The summed E-state index contributed by atoms with van der Waals surface area (Å²) in [6, 6.07) is 11.2. The van der Waals surface area contributed by atoms with E-state index in [1.165, 1.54) is 0 Å². The Hall–Kier alpha value is -3.00. The molecule has 0 aliphatic rings. The Morgan fingerprint density at radius 3 is 3.05 bits per heavy atom. The molecule has 0 bridgehead atoms. The van der Waals surface area contributed by atoms with Crippen molar-refractivity contribution >= 4 is 22.7 Å². The van der Waals surface area contributed by atoms with E-state index < -0.39 is 0 Å². The van der Waals surface area contributed by atoms with Crippen molar-refractivity contribution in [3.63, 3.8) is 0 Å². The number of nitriles is 1. The van der Waals surface area contributed by atoms with Crippen molar-refractivity contribution in [1.29, 1.82) is 5.26 Å². The summed E-state index contributed by atoms with van der Waals surface area (Å²) in [7, 11) is 1.61. The van der Waals surface area contributed by atoms with Gasteiger partial charge in [-0.1, -0.05) is 0 Å². The molecular weight excluding hydrogens is 254 g/mol. The van der Waals surface area contributed by atoms with Crippen LogP contribution in [0.4, 0.5) is 0 Å². The number of aromatic nitrogens is 2. The zero-order valence-electron chi connectivity index (χ0n) is 10.8. The fourth-order valence-electron chi connectivity index (χ4n) is 1.91. The summed E-state index contributed by atoms with van der Waals surface area (Å²) in [5.74, 6) is 1.85. The number of H-pyrrole nitrogens is 1. The fourth-order valence-corrected chi connectivity index (χ4v) is 1.91. The number of hydrogen-bond donors (Lipinski definition) is 1. The highest BCUT2D eigenvalue weighted by molar-refractivity contribution is 5.89. The van der Waals surface area contributed by atoms with E-state index in [0.717, 1.165) is 16.8 Å². The second-order valence-corrected chi connectivity index (χ2v) is 4.15. The number of aromatic amines is 1. The van der Waals surface area contributed by atoms with Crippen molar-refractivity contribution < 1.29 is 9.15 Å². The lowest BCUT2D eigenvalue weighted by atomic mass is 10.2. The number of methoxy groups -OCH3 is 1. The Kier molecular flexibility index (Phi) is 2.98. The standard InChI is InChI=1S/C15H11N3O2/c1-19-11-4-5-13-14(8-11)18-15(17-13)10(9-16)7-12-3-2-6-20-12/h2-8H,1H3,(H,17,18). The predicted octanol–water partition coefficient (Wildman–Crippen LogP) is 3.23. The van der Waals surface area contributed by atoms with Crippen molar-refractivity contribution in [3.05, 3.63) is 48.2 Å². The number of benzene rings is 1. The average Bonchev–Trinajstić information content (AvgIpc) is 3.12. The van der Waals surface area contributed by atoms with E-state index in [0.29, 0.717) is 17.2 Å². The van der Waals surface area contributed by atoms with Gasteiger partial charge in [-0.2, -0.15) is 5.26 Å². The number of imidazole rings is 1. The quantitative estimate of drug-likeness (QED) is 0.738. The summed E-state index contributed by atoms with van der Waals surface area (Å²) in [6.45, 7) is 0. The molecule has 0 radical (unpaired) electrons. The highest BCUT2D eigenvalue weighted by Crippen LogP contribution is 2.22. The van der Waals surface area contributed by atoms with Crippen LogP contribution in [0.25, 0.3) is 22.7 Å². The summed E-state index contributed by atoms with van der Waals surface area (Å²) < 4.78 is 10.4. The second-order valence-electron chi connectivity index (χ2n) is 4.15. The van der Waals surface area contributed by atoms with E-state index in [4.69, 9.17) is 9.15 Å². The van der Waals surface area contributed by atoms with Crippen molar-refractivity contribution in [2.24, 2.45) is 0 Å². The van der Waals surface area contributed by atoms with Gasteiger partial charge in [0.2, 0.25) is 0 Å². The number of fused-ring (bicyclic) bond motifs is 1. The lowest BCUT2D eigenvalue weighted by Crippen LogP contribution is -1.84. The second kappa shape index (κ2) is 4.94. The molecule has 0 amide bonds. The molecule has 0 unspecified atom stereocenters. The third-order valence-corrected chi connectivity index (χ3v) is 2.89. The van der Waals surface area contributed by atoms with Crippen molar-refractivity contribution in [2.45, 2.75) is 0 Å². The fraction of sp³-hybridized carbons (Fsp3) is 0.0667. The normalized spacial score (nSPS) is 11.5. The first-order valence-corrected chi connectivity index (χ1v) is 5.99. The topological polar surface area (TPSA) is 74.8 Å². The molecule has 5 heteroatoms. The van der Waals surface area contributed by atoms with E-state index in [1.54, 1.807) is 31.6 Å². The molecule has 2 aromatic heterocycles. The number of furan rings is 1. The van der Waals surface area contributed by atoms with Gasteiger partial charge in [0.15, 0.2) is 0 Å². The molecular formula is C15H11N3O2. The summed E-state index contributed by atoms with van der Waals surface area (Å²) in [5.41, 5.74) is 2.01. The molecule has 0 aliphatic carbocycles. The van der Waals surface area contributed by atoms with Crippen LogP contribution in [0.5, 0.6) is 5.75 Å². The Balaban J connectivity index is 2.07. The summed E-state index contributed by atoms with van der Waals surface area (Å²) in [5, 5.41) is 9.26. The summed E-state index contributed by atoms with van der Waals surface area (Å²) >= 11 is 0. The largest absolute Gasteiger partial charge is 0.497 e. The summed E-state index contributed by atoms with van der Waals surface area (Å²) in [4.78, 5) is 7.51. The predicted molar refractivity (Wildman–Crippen MR) is 74.8 cm³/mol. The first-order chi connectivity index (χ1) is 9.80. The molecule has 0 spiro atoms. The smallest absolute Gasteiger partial charge is 0.149 e. The van der Waals surface area contributed by atoms with Gasteiger partial charge in [-0.3, -0.25) is 0 Å². The first kappa shape index (κ1) is 12.1. The van der Waals surface area contributed by atoms with Gasteiger partial charge in [0.05, 0.1) is 30.0 Å². The van der Waals surface area contributed by atoms with Crippen molar-refractivity contribution in [2.75, 3.05) is 7.11 Å². The van der Waals surface area contributed by atoms with Gasteiger partial charge < -0.3 is 14.1 Å². The average molecular weight is 265 g/mol. The van der Waals surface area contributed by atoms with Gasteiger partial charge in [-0.25, -0.2) is 4.98 Å². The maximum absolute atomic E-state index is 9.26. The third kappa shape index (κ3) is 2.15. The number of rotatable bonds is 3. The van der Waals surface area contributed by atoms with Crippen LogP contribution in [-0.4, -0.2) is 17.1 Å². The van der Waals surface area contributed by atoms with Crippen LogP contribution in [-0.2, 0) is 0 Å². The van der Waals surface area contributed by atoms with Crippen LogP contribution in [0.1, 0.15) is 11.6 Å². The third-order valence-electron chi connectivity index (χ3n) is 2.89. The van der Waals surface area contributed by atoms with Crippen LogP contribution in [0.2, 0.25) is 0 Å². The van der Waals surface area contributed by atoms with Crippen LogP contribution < -0.4 is 4.74 Å². The highest BCUT2D eigenvalue weighted by Gasteiger charge is 2.09. The summed E-state index contributed by atoms with van der Waals surface area (Å²) in [6.07, 6.45) is 3.21. The van der Waals surface area contributed by atoms with Crippen LogP contribution in [0.15, 0.2) is 41.0 Å². The molecule has 98 valence electrons. The zero-order chi connectivity index (χ0) is 13.9. The number of nitrogens with zero attached hydrogens (tertiary/aromatic N) is 2. The Labute approximate surface area is 115 Å². The minimum atomic E-state index is 0.412. The molecule has 20 heavy (non-hydrogen) atoms. The highest BCUT2D eigenvalue weighted by atomic mass is 16.5. The molecule has 0 atom stereocenters. The Morgan fingerprint density at radius 2 is 2.35 bits per heavy atom. The first-order valence-electron chi connectivity index (χ1n) is 5.99. The van der Waals surface area contributed by atoms with Crippen molar-refractivity contribution in [3.8, 4) is 11.8 Å². The zero-order valence-corrected chi connectivity index (χ0v) is 10.8. The van der Waals surface area contributed by atoms with Gasteiger partial charge in [0.25, 0.3) is 0 Å². The molecule has 0 saturated carbocycles. The van der Waals surface area contributed by atoms with Gasteiger partial charge in [0.1, 0.15) is 23.4 Å². The number of allylic oxidation sites excluding steroid dienone is 1. The Morgan fingerprint density at radius 1 is 1.45 bits per heavy atom. The van der Waals surface area contributed by atoms with Crippen molar-refractivity contribution in [1.82, 2.24) is 9.97 Å². The van der Waals surface area contributed by atoms with Gasteiger partial charge in [-0.15, -0.1) is 0 Å². The van der Waals surface area contributed by atoms with Crippen LogP contribution in [0, 0.1) is 11.3 Å². The van der Waals surface area contributed by atoms with Gasteiger partial charge in [-0.05, 0) is 24.3 Å². The molecule has 2 heterocycles. The Bertz CT molecular complexity index is 807. The molecule has 3 aromatic rings. The number of hydrogen-bond acceptors (Lipinski definition) is 4. The minimum Gasteiger partial charge on any atom is -0.497 e. The lowest BCUT2D eigenvalue weighted by Gasteiger charge is -1.96. The number of nitrogens with one attached hydrogen (secondary N) is 1. The molecule has 3 rings (SSSR count). The molecule has 1 aromatic carbocycles. The monoisotopic (exact) mass is 265 g/mol. The molecule has 5 nitrogen and oxygen atoms in total. The minimum absolute atomic E-state index is 0.412. The molecule has 0 aliphatic heterocycles. The van der Waals surface area contributed by atoms with Gasteiger partial charge >= 0.3 is 0 Å². The lowest BCUT2D eigenvalue weighted by molar-refractivity contribution is 0.415.